The molecule has 0 bridgehead atoms. The average molecular weight is 579 g/mol. The summed E-state index contributed by atoms with van der Waals surface area (Å²) in [5, 5.41) is 8.92. The van der Waals surface area contributed by atoms with Crippen LogP contribution in [0.15, 0.2) is 121 Å². The first-order valence-electron chi connectivity index (χ1n) is 15.9. The third kappa shape index (κ3) is 4.88. The van der Waals surface area contributed by atoms with Crippen molar-refractivity contribution in [2.75, 3.05) is 0 Å². The van der Waals surface area contributed by atoms with E-state index in [9.17, 15) is 0 Å². The summed E-state index contributed by atoms with van der Waals surface area (Å²) in [6, 6.07) is 43.7. The zero-order valence-corrected chi connectivity index (χ0v) is 25.7. The van der Waals surface area contributed by atoms with Crippen LogP contribution < -0.4 is 0 Å². The second kappa shape index (κ2) is 11.2. The fourth-order valence-electron chi connectivity index (χ4n) is 6.74. The Morgan fingerprint density at radius 3 is 1.91 bits per heavy atom. The molecular weight excluding hydrogens is 544 g/mol. The number of nitrogens with zero attached hydrogens (tertiary/aromatic N) is 2. The van der Waals surface area contributed by atoms with Gasteiger partial charge in [-0.1, -0.05) is 122 Å². The molecule has 2 heteroatoms. The molecule has 216 valence electrons. The summed E-state index contributed by atoms with van der Waals surface area (Å²) < 4.78 is 4.90. The van der Waals surface area contributed by atoms with Crippen molar-refractivity contribution < 1.29 is 0 Å². The molecule has 2 nitrogen and oxygen atoms in total. The van der Waals surface area contributed by atoms with Crippen molar-refractivity contribution in [3.63, 3.8) is 0 Å². The Labute approximate surface area is 263 Å². The van der Waals surface area contributed by atoms with E-state index in [4.69, 9.17) is 0 Å². The van der Waals surface area contributed by atoms with Crippen molar-refractivity contribution in [1.82, 2.24) is 9.13 Å². The SMILES string of the molecule is CCCCn1c2cc(C#Cc3ccc4ccccc4c3)ccc2c2c3ccc(/C=C/c4ccc5ccccc5c4)cc3n(C)c21. The molecule has 0 atom stereocenters. The topological polar surface area (TPSA) is 9.86 Å². The van der Waals surface area contributed by atoms with Crippen LogP contribution in [0.25, 0.3) is 66.5 Å². The molecule has 0 unspecified atom stereocenters. The maximum absolute atomic E-state index is 3.46. The lowest BCUT2D eigenvalue weighted by atomic mass is 10.0. The van der Waals surface area contributed by atoms with E-state index in [1.54, 1.807) is 0 Å². The first kappa shape index (κ1) is 27.1. The van der Waals surface area contributed by atoms with E-state index in [0.29, 0.717) is 0 Å². The maximum atomic E-state index is 3.46. The normalized spacial score (nSPS) is 11.8. The van der Waals surface area contributed by atoms with Crippen molar-refractivity contribution in [2.45, 2.75) is 26.3 Å². The minimum atomic E-state index is 0.983. The van der Waals surface area contributed by atoms with E-state index in [1.165, 1.54) is 65.5 Å². The molecule has 2 aromatic heterocycles. The molecule has 0 aliphatic rings. The molecule has 0 aliphatic heterocycles. The fourth-order valence-corrected chi connectivity index (χ4v) is 6.74. The maximum Gasteiger partial charge on any atom is 0.122 e. The minimum Gasteiger partial charge on any atom is -0.330 e. The van der Waals surface area contributed by atoms with Gasteiger partial charge in [-0.3, -0.25) is 0 Å². The molecule has 2 heterocycles. The molecule has 0 saturated heterocycles. The standard InChI is InChI=1S/C43H34N2/c1-3-4-25-45-41-29-33(16-14-31-18-22-35-10-6-8-12-37(35)27-31)20-24-39(41)42-38-23-19-32(28-40(38)44(2)43(42)45)15-13-30-17-21-34-9-5-7-11-36(34)26-30/h5-13,15,17-24,26-29H,3-4,25H2,1-2H3/b15-13+. The van der Waals surface area contributed by atoms with Crippen LogP contribution in [0.5, 0.6) is 0 Å². The van der Waals surface area contributed by atoms with Crippen molar-refractivity contribution in [3.05, 3.63) is 144 Å². The number of aromatic nitrogens is 2. The number of hydrogen-bond acceptors (Lipinski definition) is 0. The number of aryl methyl sites for hydroxylation is 2. The first-order chi connectivity index (χ1) is 22.2. The van der Waals surface area contributed by atoms with Crippen LogP contribution >= 0.6 is 0 Å². The molecule has 0 amide bonds. The number of rotatable bonds is 5. The van der Waals surface area contributed by atoms with Crippen molar-refractivity contribution in [2.24, 2.45) is 7.05 Å². The predicted molar refractivity (Wildman–Crippen MR) is 194 cm³/mol. The predicted octanol–water partition coefficient (Wildman–Crippen LogP) is 11.0. The summed E-state index contributed by atoms with van der Waals surface area (Å²) in [6.07, 6.45) is 6.72. The van der Waals surface area contributed by atoms with E-state index in [2.05, 4.69) is 168 Å². The Bertz CT molecular complexity index is 2490. The number of hydrogen-bond donors (Lipinski definition) is 0. The van der Waals surface area contributed by atoms with Gasteiger partial charge in [0.2, 0.25) is 0 Å². The molecule has 8 aromatic rings. The van der Waals surface area contributed by atoms with Crippen LogP contribution in [0.2, 0.25) is 0 Å². The molecule has 0 N–H and O–H groups in total. The van der Waals surface area contributed by atoms with Crippen LogP contribution in [-0.4, -0.2) is 9.13 Å². The van der Waals surface area contributed by atoms with Crippen LogP contribution in [0.4, 0.5) is 0 Å². The smallest absolute Gasteiger partial charge is 0.122 e. The Morgan fingerprint density at radius 2 is 1.16 bits per heavy atom. The highest BCUT2D eigenvalue weighted by Gasteiger charge is 2.19. The fraction of sp³-hybridized carbons (Fsp3) is 0.116. The number of fused-ring (bicyclic) bond motifs is 7. The second-order valence-corrected chi connectivity index (χ2v) is 12.0. The second-order valence-electron chi connectivity index (χ2n) is 12.0. The molecular formula is C43H34N2. The number of benzene rings is 6. The third-order valence-corrected chi connectivity index (χ3v) is 9.08. The van der Waals surface area contributed by atoms with Crippen molar-refractivity contribution in [3.8, 4) is 11.8 Å². The summed E-state index contributed by atoms with van der Waals surface area (Å²) >= 11 is 0. The van der Waals surface area contributed by atoms with Gasteiger partial charge in [0.1, 0.15) is 5.65 Å². The van der Waals surface area contributed by atoms with Crippen molar-refractivity contribution >= 4 is 66.5 Å². The van der Waals surface area contributed by atoms with E-state index in [-0.39, 0.29) is 0 Å². The summed E-state index contributed by atoms with van der Waals surface area (Å²) in [6.45, 7) is 3.25. The van der Waals surface area contributed by atoms with Crippen LogP contribution in [0.1, 0.15) is 42.0 Å². The molecule has 6 aromatic carbocycles. The van der Waals surface area contributed by atoms with Crippen molar-refractivity contribution in [1.29, 1.82) is 0 Å². The van der Waals surface area contributed by atoms with Gasteiger partial charge < -0.3 is 9.13 Å². The van der Waals surface area contributed by atoms with Gasteiger partial charge in [-0.2, -0.15) is 0 Å². The van der Waals surface area contributed by atoms with Gasteiger partial charge in [0.05, 0.1) is 11.0 Å². The lowest BCUT2D eigenvalue weighted by Crippen LogP contribution is -2.02. The monoisotopic (exact) mass is 578 g/mol. The Balaban J connectivity index is 1.19. The highest BCUT2D eigenvalue weighted by atomic mass is 15.1. The van der Waals surface area contributed by atoms with Crippen LogP contribution in [-0.2, 0) is 13.6 Å². The minimum absolute atomic E-state index is 0.983. The third-order valence-electron chi connectivity index (χ3n) is 9.08. The first-order valence-corrected chi connectivity index (χ1v) is 15.9. The average Bonchev–Trinajstić information content (AvgIpc) is 3.56. The van der Waals surface area contributed by atoms with Gasteiger partial charge in [0.25, 0.3) is 0 Å². The van der Waals surface area contributed by atoms with Gasteiger partial charge in [-0.15, -0.1) is 0 Å². The lowest BCUT2D eigenvalue weighted by Gasteiger charge is -2.09. The lowest BCUT2D eigenvalue weighted by molar-refractivity contribution is 0.655. The van der Waals surface area contributed by atoms with Gasteiger partial charge in [0.15, 0.2) is 0 Å². The summed E-state index contributed by atoms with van der Waals surface area (Å²) in [4.78, 5) is 0. The highest BCUT2D eigenvalue weighted by Crippen LogP contribution is 2.38. The molecule has 0 spiro atoms. The zero-order valence-electron chi connectivity index (χ0n) is 25.7. The Hall–Kier alpha value is -5.52. The quantitative estimate of drug-likeness (QED) is 0.142. The van der Waals surface area contributed by atoms with E-state index < -0.39 is 0 Å². The summed E-state index contributed by atoms with van der Waals surface area (Å²) in [5.41, 5.74) is 8.30. The molecule has 8 rings (SSSR count). The largest absolute Gasteiger partial charge is 0.330 e. The van der Waals surface area contributed by atoms with Gasteiger partial charge >= 0.3 is 0 Å². The van der Waals surface area contributed by atoms with E-state index in [1.807, 2.05) is 0 Å². The summed E-state index contributed by atoms with van der Waals surface area (Å²) in [7, 11) is 2.21. The Kier molecular flexibility index (Phi) is 6.73. The van der Waals surface area contributed by atoms with Crippen LogP contribution in [0, 0.1) is 11.8 Å². The molecule has 45 heavy (non-hydrogen) atoms. The van der Waals surface area contributed by atoms with Crippen LogP contribution in [0.3, 0.4) is 0 Å². The summed E-state index contributed by atoms with van der Waals surface area (Å²) in [5.74, 6) is 6.87. The van der Waals surface area contributed by atoms with Gasteiger partial charge in [-0.05, 0) is 75.5 Å². The molecule has 0 aliphatic carbocycles. The van der Waals surface area contributed by atoms with Gasteiger partial charge in [0, 0.05) is 40.9 Å². The highest BCUT2D eigenvalue weighted by molar-refractivity contribution is 6.21. The zero-order chi connectivity index (χ0) is 30.3. The molecule has 0 fully saturated rings. The molecule has 0 saturated carbocycles. The van der Waals surface area contributed by atoms with E-state index >= 15 is 0 Å². The number of unbranched alkanes of at least 4 members (excludes halogenated alkanes) is 1. The van der Waals surface area contributed by atoms with Gasteiger partial charge in [-0.25, -0.2) is 0 Å². The molecule has 0 radical (unpaired) electrons. The Morgan fingerprint density at radius 1 is 0.578 bits per heavy atom. The van der Waals surface area contributed by atoms with E-state index in [0.717, 1.165) is 30.5 Å².